The summed E-state index contributed by atoms with van der Waals surface area (Å²) in [5, 5.41) is 11.9. The van der Waals surface area contributed by atoms with Gasteiger partial charge in [-0.25, -0.2) is 0 Å². The number of benzene rings is 5. The second-order valence-electron chi connectivity index (χ2n) is 13.8. The molecule has 13 heteroatoms. The Bertz CT molecular complexity index is 1950. The fourth-order valence-corrected chi connectivity index (χ4v) is 8.59. The van der Waals surface area contributed by atoms with Crippen molar-refractivity contribution in [3.8, 4) is 11.1 Å². The van der Waals surface area contributed by atoms with Gasteiger partial charge in [-0.15, -0.1) is 11.8 Å². The van der Waals surface area contributed by atoms with Crippen molar-refractivity contribution in [1.82, 2.24) is 9.62 Å². The number of aldehydes is 1. The first-order chi connectivity index (χ1) is 28.9. The number of hydrogen-bond acceptors (Lipinski definition) is 9. The third kappa shape index (κ3) is 18.2. The number of nitrogens with one attached hydrogen (secondary N) is 1. The van der Waals surface area contributed by atoms with Crippen molar-refractivity contribution in [3.63, 3.8) is 0 Å². The second-order valence-corrected chi connectivity index (χ2v) is 17.6. The highest BCUT2D eigenvalue weighted by atomic mass is 35.5. The van der Waals surface area contributed by atoms with E-state index in [0.717, 1.165) is 54.6 Å². The summed E-state index contributed by atoms with van der Waals surface area (Å²) in [5.74, 6) is 1.45. The lowest BCUT2D eigenvalue weighted by Crippen LogP contribution is -2.35. The van der Waals surface area contributed by atoms with Crippen molar-refractivity contribution >= 4 is 64.7 Å². The van der Waals surface area contributed by atoms with Crippen molar-refractivity contribution in [2.75, 3.05) is 57.2 Å². The molecule has 1 fully saturated rings. The van der Waals surface area contributed by atoms with Gasteiger partial charge in [0.25, 0.3) is 0 Å². The van der Waals surface area contributed by atoms with E-state index in [4.69, 9.17) is 17.3 Å². The Labute approximate surface area is 373 Å². The van der Waals surface area contributed by atoms with Gasteiger partial charge in [-0.2, -0.15) is 13.2 Å². The predicted molar refractivity (Wildman–Crippen MR) is 253 cm³/mol. The van der Waals surface area contributed by atoms with Crippen molar-refractivity contribution < 1.29 is 23.1 Å². The van der Waals surface area contributed by atoms with Gasteiger partial charge in [-0.05, 0) is 172 Å². The summed E-state index contributed by atoms with van der Waals surface area (Å²) in [4.78, 5) is 17.5. The number of aliphatic hydroxyl groups excluding tert-OH is 1. The fourth-order valence-electron chi connectivity index (χ4n) is 6.28. The van der Waals surface area contributed by atoms with Gasteiger partial charge in [0.2, 0.25) is 0 Å². The highest BCUT2D eigenvalue weighted by Gasteiger charge is 2.30. The molecule has 0 spiro atoms. The highest BCUT2D eigenvalue weighted by Crippen LogP contribution is 2.41. The lowest BCUT2D eigenvalue weighted by atomic mass is 9.84. The minimum Gasteiger partial charge on any atom is -0.398 e. The minimum absolute atomic E-state index is 0.0303. The van der Waals surface area contributed by atoms with Crippen LogP contribution in [0.4, 0.5) is 24.5 Å². The number of alkyl halides is 3. The molecule has 4 N–H and O–H groups in total. The van der Waals surface area contributed by atoms with E-state index < -0.39 is 11.6 Å². The number of nitrogens with two attached hydrogens (primary N) is 1. The molecule has 60 heavy (non-hydrogen) atoms. The second kappa shape index (κ2) is 27.4. The van der Waals surface area contributed by atoms with Crippen molar-refractivity contribution in [3.05, 3.63) is 137 Å². The van der Waals surface area contributed by atoms with Crippen molar-refractivity contribution in [2.24, 2.45) is 5.92 Å². The number of thioether (sulfide) groups is 2. The number of carbonyl (C=O) groups is 1. The Balaban J connectivity index is 0.000000262. The smallest absolute Gasteiger partial charge is 0.398 e. The molecular formula is C47H58ClF3N4O2S3. The zero-order chi connectivity index (χ0) is 43.9. The molecule has 1 aliphatic rings. The number of nitrogens with zero attached hydrogens (tertiary/aromatic N) is 2. The van der Waals surface area contributed by atoms with Crippen LogP contribution in [0.1, 0.15) is 61.6 Å². The molecule has 0 aromatic heterocycles. The molecule has 1 saturated heterocycles. The molecule has 6 nitrogen and oxygen atoms in total. The lowest BCUT2D eigenvalue weighted by Gasteiger charge is -2.36. The number of nitrogen functional groups attached to an aromatic ring is 1. The number of carbonyl (C=O) groups excluding carboxylic acids is 1. The first-order valence-corrected chi connectivity index (χ1v) is 23.0. The van der Waals surface area contributed by atoms with Gasteiger partial charge in [0.1, 0.15) is 6.29 Å². The Morgan fingerprint density at radius 1 is 0.883 bits per heavy atom. The number of anilines is 2. The molecule has 1 atom stereocenters. The quantitative estimate of drug-likeness (QED) is 0.0332. The van der Waals surface area contributed by atoms with Gasteiger partial charge in [-0.1, -0.05) is 80.0 Å². The largest absolute Gasteiger partial charge is 0.446 e. The molecule has 5 aromatic rings. The number of aliphatic hydroxyl groups is 1. The maximum Gasteiger partial charge on any atom is 0.446 e. The molecule has 324 valence electrons. The molecule has 0 aliphatic carbocycles. The summed E-state index contributed by atoms with van der Waals surface area (Å²) >= 11 is 9.03. The van der Waals surface area contributed by atoms with Crippen LogP contribution in [0.15, 0.2) is 136 Å². The van der Waals surface area contributed by atoms with E-state index in [1.807, 2.05) is 92.3 Å². The molecular weight excluding hydrogens is 841 g/mol. The van der Waals surface area contributed by atoms with Crippen LogP contribution in [0, 0.1) is 5.92 Å². The average Bonchev–Trinajstić information content (AvgIpc) is 3.26. The molecule has 0 bridgehead atoms. The highest BCUT2D eigenvalue weighted by molar-refractivity contribution is 8.00. The number of halogens is 4. The molecule has 6 rings (SSSR count). The molecule has 1 heterocycles. The van der Waals surface area contributed by atoms with Crippen molar-refractivity contribution in [2.45, 2.75) is 65.8 Å². The normalized spacial score (nSPS) is 13.2. The summed E-state index contributed by atoms with van der Waals surface area (Å²) in [6, 6.07) is 38.7. The summed E-state index contributed by atoms with van der Waals surface area (Å²) in [7, 11) is 5.95. The summed E-state index contributed by atoms with van der Waals surface area (Å²) in [6.45, 7) is 6.99. The molecule has 0 radical (unpaired) electrons. The van der Waals surface area contributed by atoms with Crippen LogP contribution < -0.4 is 15.4 Å². The van der Waals surface area contributed by atoms with Crippen LogP contribution in [-0.4, -0.2) is 68.3 Å². The molecule has 5 aromatic carbocycles. The Kier molecular flexibility index (Phi) is 23.1. The van der Waals surface area contributed by atoms with Gasteiger partial charge in [0.05, 0.1) is 6.10 Å². The predicted octanol–water partition coefficient (Wildman–Crippen LogP) is 13.0. The van der Waals surface area contributed by atoms with Gasteiger partial charge in [-0.3, -0.25) is 9.52 Å². The van der Waals surface area contributed by atoms with Crippen LogP contribution >= 0.6 is 47.1 Å². The van der Waals surface area contributed by atoms with Crippen molar-refractivity contribution in [1.29, 1.82) is 0 Å². The maximum atomic E-state index is 12.1. The number of piperidine rings is 1. The van der Waals surface area contributed by atoms with Gasteiger partial charge in [0, 0.05) is 49.7 Å². The van der Waals surface area contributed by atoms with Gasteiger partial charge in [0.15, 0.2) is 0 Å². The number of rotatable bonds is 14. The topological polar surface area (TPSA) is 81.8 Å². The zero-order valence-electron chi connectivity index (χ0n) is 35.0. The fraction of sp³-hybridized carbons (Fsp3) is 0.340. The van der Waals surface area contributed by atoms with Gasteiger partial charge < -0.3 is 20.6 Å². The van der Waals surface area contributed by atoms with E-state index in [0.29, 0.717) is 15.5 Å². The van der Waals surface area contributed by atoms with E-state index in [2.05, 4.69) is 65.0 Å². The third-order valence-corrected chi connectivity index (χ3v) is 12.1. The molecule has 1 unspecified atom stereocenters. The van der Waals surface area contributed by atoms with Crippen LogP contribution in [0.25, 0.3) is 11.1 Å². The van der Waals surface area contributed by atoms with E-state index in [-0.39, 0.29) is 28.3 Å². The Morgan fingerprint density at radius 2 is 1.52 bits per heavy atom. The third-order valence-electron chi connectivity index (χ3n) is 9.26. The van der Waals surface area contributed by atoms with E-state index >= 15 is 0 Å². The SMILES string of the molecule is CC.CN(C)CCCCSc1ccccc1.CNSc1ccc(N)c(SC(F)(F)F)c1.O=Cc1ccc(N2CCC(C(O)c3ccccc3-c3ccc(Cl)cc3)CC2)cc1. The lowest BCUT2D eigenvalue weighted by molar-refractivity contribution is -0.0328. The van der Waals surface area contributed by atoms with E-state index in [1.54, 1.807) is 13.1 Å². The van der Waals surface area contributed by atoms with E-state index in [1.165, 1.54) is 54.1 Å². The summed E-state index contributed by atoms with van der Waals surface area (Å²) < 4.78 is 39.2. The minimum atomic E-state index is -4.31. The first kappa shape index (κ1) is 50.7. The van der Waals surface area contributed by atoms with Gasteiger partial charge >= 0.3 is 5.51 Å². The summed E-state index contributed by atoms with van der Waals surface area (Å²) in [5.41, 5.74) is 6.19. The molecule has 0 saturated carbocycles. The van der Waals surface area contributed by atoms with Crippen LogP contribution in [-0.2, 0) is 0 Å². The van der Waals surface area contributed by atoms with Crippen LogP contribution in [0.2, 0.25) is 5.02 Å². The average molecular weight is 900 g/mol. The van der Waals surface area contributed by atoms with E-state index in [9.17, 15) is 23.1 Å². The molecule has 1 aliphatic heterocycles. The monoisotopic (exact) mass is 898 g/mol. The zero-order valence-corrected chi connectivity index (χ0v) is 38.2. The maximum absolute atomic E-state index is 12.1. The Hall–Kier alpha value is -3.62. The first-order valence-electron chi connectivity index (χ1n) is 20.0. The van der Waals surface area contributed by atoms with Crippen LogP contribution in [0.5, 0.6) is 0 Å². The summed E-state index contributed by atoms with van der Waals surface area (Å²) in [6.07, 6.45) is 4.81. The van der Waals surface area contributed by atoms with Crippen LogP contribution in [0.3, 0.4) is 0 Å². The Morgan fingerprint density at radius 3 is 2.12 bits per heavy atom. The number of unbranched alkanes of at least 4 members (excludes halogenated alkanes) is 1. The molecule has 0 amide bonds. The standard InChI is InChI=1S/C25H24ClNO2.C12H19NS.C8H9F3N2S2.C2H6/c26-21-9-7-19(8-10-21)23-3-1-2-4-24(23)25(29)20-13-15-27(16-14-20)22-11-5-18(17-28)6-12-22;1-13(2)10-6-7-11-14-12-8-4-3-5-9-12;1-13-15-5-2-3-6(12)7(4-5)14-8(9,10)11;1-2/h1-12,17,20,25,29H,13-16H2;3-5,8-9H,6-7,10-11H2,1-2H3;2-4,13H,12H2,1H3;1-2H3. The number of hydrogen-bond donors (Lipinski definition) is 3.